The predicted molar refractivity (Wildman–Crippen MR) is 71.4 cm³/mol. The Hall–Kier alpha value is -2.59. The maximum atomic E-state index is 8.79. The number of hydrogen-bond acceptors (Lipinski definition) is 6. The molecular weight excluding hydrogens is 260 g/mol. The first-order valence-corrected chi connectivity index (χ1v) is 6.22. The molecule has 7 heteroatoms. The average molecular weight is 268 g/mol. The molecule has 0 spiro atoms. The van der Waals surface area contributed by atoms with Gasteiger partial charge in [0.15, 0.2) is 10.3 Å². The molecule has 0 aliphatic rings. The molecule has 2 heterocycles. The van der Waals surface area contributed by atoms with Gasteiger partial charge in [0.25, 0.3) is 0 Å². The molecular formula is C12H8N6S. The van der Waals surface area contributed by atoms with E-state index < -0.39 is 0 Å². The van der Waals surface area contributed by atoms with E-state index in [2.05, 4.69) is 19.9 Å². The van der Waals surface area contributed by atoms with E-state index in [-0.39, 0.29) is 0 Å². The lowest BCUT2D eigenvalue weighted by Gasteiger charge is -1.95. The van der Waals surface area contributed by atoms with E-state index in [1.807, 2.05) is 18.2 Å². The molecule has 0 amide bonds. The molecule has 92 valence electrons. The normalized spacial score (nSPS) is 10.5. The van der Waals surface area contributed by atoms with Gasteiger partial charge in [-0.3, -0.25) is 0 Å². The van der Waals surface area contributed by atoms with Gasteiger partial charge in [0.2, 0.25) is 0 Å². The predicted octanol–water partition coefficient (Wildman–Crippen LogP) is 1.96. The van der Waals surface area contributed by atoms with Gasteiger partial charge in [0, 0.05) is 11.9 Å². The molecule has 0 aliphatic carbocycles. The lowest BCUT2D eigenvalue weighted by molar-refractivity contribution is 0.941. The Morgan fingerprint density at radius 2 is 2.16 bits per heavy atom. The summed E-state index contributed by atoms with van der Waals surface area (Å²) in [4.78, 5) is 15.7. The summed E-state index contributed by atoms with van der Waals surface area (Å²) >= 11 is 1.27. The van der Waals surface area contributed by atoms with E-state index in [0.717, 1.165) is 11.0 Å². The van der Waals surface area contributed by atoms with Crippen LogP contribution in [0.4, 0.5) is 5.69 Å². The summed E-state index contributed by atoms with van der Waals surface area (Å²) < 4.78 is 0. The zero-order valence-electron chi connectivity index (χ0n) is 9.66. The molecule has 6 nitrogen and oxygen atoms in total. The highest BCUT2D eigenvalue weighted by Crippen LogP contribution is 2.25. The average Bonchev–Trinajstić information content (AvgIpc) is 2.80. The van der Waals surface area contributed by atoms with Gasteiger partial charge >= 0.3 is 0 Å². The maximum absolute atomic E-state index is 8.79. The molecule has 2 aromatic heterocycles. The van der Waals surface area contributed by atoms with Crippen LogP contribution in [0.5, 0.6) is 0 Å². The fourth-order valence-corrected chi connectivity index (χ4v) is 2.33. The number of nitrogens with two attached hydrogens (primary N) is 1. The summed E-state index contributed by atoms with van der Waals surface area (Å²) in [6, 6.07) is 8.99. The third-order valence-corrected chi connectivity index (χ3v) is 3.19. The Labute approximate surface area is 112 Å². The second kappa shape index (κ2) is 4.59. The zero-order chi connectivity index (χ0) is 13.2. The zero-order valence-corrected chi connectivity index (χ0v) is 10.5. The number of nitriles is 1. The van der Waals surface area contributed by atoms with Gasteiger partial charge < -0.3 is 10.7 Å². The Kier molecular flexibility index (Phi) is 2.78. The van der Waals surface area contributed by atoms with Gasteiger partial charge in [-0.2, -0.15) is 5.26 Å². The SMILES string of the molecule is N#Cc1ccnc(Sc2nc3ccc(N)cc3[nH]2)n1. The third-order valence-electron chi connectivity index (χ3n) is 2.42. The number of aromatic amines is 1. The van der Waals surface area contributed by atoms with Crippen molar-refractivity contribution in [3.05, 3.63) is 36.2 Å². The van der Waals surface area contributed by atoms with Crippen molar-refractivity contribution in [2.24, 2.45) is 0 Å². The van der Waals surface area contributed by atoms with Crippen molar-refractivity contribution in [2.45, 2.75) is 10.3 Å². The second-order valence-corrected chi connectivity index (χ2v) is 4.71. The quantitative estimate of drug-likeness (QED) is 0.543. The Morgan fingerprint density at radius 1 is 1.26 bits per heavy atom. The first-order chi connectivity index (χ1) is 9.24. The van der Waals surface area contributed by atoms with Crippen molar-refractivity contribution in [1.82, 2.24) is 19.9 Å². The molecule has 0 atom stereocenters. The van der Waals surface area contributed by atoms with Gasteiger partial charge in [-0.05, 0) is 36.0 Å². The summed E-state index contributed by atoms with van der Waals surface area (Å²) in [5.41, 5.74) is 8.40. The largest absolute Gasteiger partial charge is 0.399 e. The number of imidazole rings is 1. The van der Waals surface area contributed by atoms with Crippen molar-refractivity contribution < 1.29 is 0 Å². The number of benzene rings is 1. The number of fused-ring (bicyclic) bond motifs is 1. The number of hydrogen-bond donors (Lipinski definition) is 2. The van der Waals surface area contributed by atoms with Crippen LogP contribution in [0.15, 0.2) is 40.8 Å². The molecule has 3 rings (SSSR count). The van der Waals surface area contributed by atoms with Crippen molar-refractivity contribution in [1.29, 1.82) is 5.26 Å². The van der Waals surface area contributed by atoms with Crippen LogP contribution in [0.2, 0.25) is 0 Å². The number of H-pyrrole nitrogens is 1. The number of nitrogen functional groups attached to an aromatic ring is 1. The molecule has 0 radical (unpaired) electrons. The van der Waals surface area contributed by atoms with Crippen molar-refractivity contribution in [3.8, 4) is 6.07 Å². The Bertz CT molecular complexity index is 788. The van der Waals surface area contributed by atoms with Gasteiger partial charge in [0.1, 0.15) is 11.8 Å². The van der Waals surface area contributed by atoms with Crippen LogP contribution in [0, 0.1) is 11.3 Å². The minimum atomic E-state index is 0.331. The van der Waals surface area contributed by atoms with Gasteiger partial charge in [0.05, 0.1) is 11.0 Å². The van der Waals surface area contributed by atoms with E-state index in [0.29, 0.717) is 21.7 Å². The topological polar surface area (TPSA) is 104 Å². The maximum Gasteiger partial charge on any atom is 0.196 e. The molecule has 19 heavy (non-hydrogen) atoms. The summed E-state index contributed by atoms with van der Waals surface area (Å²) in [6.07, 6.45) is 1.55. The highest BCUT2D eigenvalue weighted by molar-refractivity contribution is 7.99. The van der Waals surface area contributed by atoms with Crippen LogP contribution in [-0.2, 0) is 0 Å². The number of rotatable bonds is 2. The molecule has 0 saturated heterocycles. The first kappa shape index (κ1) is 11.5. The molecule has 0 bridgehead atoms. The Balaban J connectivity index is 1.94. The molecule has 1 aromatic carbocycles. The van der Waals surface area contributed by atoms with Crippen LogP contribution in [-0.4, -0.2) is 19.9 Å². The minimum absolute atomic E-state index is 0.331. The van der Waals surface area contributed by atoms with E-state index in [9.17, 15) is 0 Å². The smallest absolute Gasteiger partial charge is 0.196 e. The van der Waals surface area contributed by atoms with Gasteiger partial charge in [-0.1, -0.05) is 0 Å². The van der Waals surface area contributed by atoms with Crippen molar-refractivity contribution in [3.63, 3.8) is 0 Å². The lowest BCUT2D eigenvalue weighted by Crippen LogP contribution is -1.89. The van der Waals surface area contributed by atoms with Crippen molar-refractivity contribution >= 4 is 28.5 Å². The summed E-state index contributed by atoms with van der Waals surface area (Å²) in [5, 5.41) is 9.93. The lowest BCUT2D eigenvalue weighted by atomic mass is 10.3. The summed E-state index contributed by atoms with van der Waals surface area (Å²) in [5.74, 6) is 0. The molecule has 0 fully saturated rings. The van der Waals surface area contributed by atoms with Crippen LogP contribution in [0.3, 0.4) is 0 Å². The minimum Gasteiger partial charge on any atom is -0.399 e. The monoisotopic (exact) mass is 268 g/mol. The number of aromatic nitrogens is 4. The van der Waals surface area contributed by atoms with Crippen LogP contribution in [0.1, 0.15) is 5.69 Å². The number of nitrogens with zero attached hydrogens (tertiary/aromatic N) is 4. The molecule has 3 aromatic rings. The van der Waals surface area contributed by atoms with E-state index in [1.165, 1.54) is 11.8 Å². The van der Waals surface area contributed by atoms with Crippen LogP contribution in [0.25, 0.3) is 11.0 Å². The van der Waals surface area contributed by atoms with Crippen molar-refractivity contribution in [2.75, 3.05) is 5.73 Å². The van der Waals surface area contributed by atoms with E-state index >= 15 is 0 Å². The summed E-state index contributed by atoms with van der Waals surface area (Å²) in [7, 11) is 0. The highest BCUT2D eigenvalue weighted by Gasteiger charge is 2.07. The standard InChI is InChI=1S/C12H8N6S/c13-6-8-3-4-15-11(16-8)19-12-17-9-2-1-7(14)5-10(9)18-12/h1-5H,14H2,(H,17,18). The van der Waals surface area contributed by atoms with Gasteiger partial charge in [-0.25, -0.2) is 15.0 Å². The number of anilines is 1. The van der Waals surface area contributed by atoms with Crippen LogP contribution < -0.4 is 5.73 Å². The third kappa shape index (κ3) is 2.34. The molecule has 0 saturated carbocycles. The second-order valence-electron chi connectivity index (χ2n) is 3.76. The number of nitrogens with one attached hydrogen (secondary N) is 1. The fraction of sp³-hybridized carbons (Fsp3) is 0. The first-order valence-electron chi connectivity index (χ1n) is 5.41. The molecule has 0 aliphatic heterocycles. The van der Waals surface area contributed by atoms with E-state index in [4.69, 9.17) is 11.0 Å². The Morgan fingerprint density at radius 3 is 3.00 bits per heavy atom. The molecule has 3 N–H and O–H groups in total. The van der Waals surface area contributed by atoms with Gasteiger partial charge in [-0.15, -0.1) is 0 Å². The molecule has 0 unspecified atom stereocenters. The highest BCUT2D eigenvalue weighted by atomic mass is 32.2. The van der Waals surface area contributed by atoms with E-state index in [1.54, 1.807) is 18.3 Å². The fourth-order valence-electron chi connectivity index (χ4n) is 1.59. The van der Waals surface area contributed by atoms with Crippen LogP contribution >= 0.6 is 11.8 Å². The summed E-state index contributed by atoms with van der Waals surface area (Å²) in [6.45, 7) is 0.